The highest BCUT2D eigenvalue weighted by Gasteiger charge is 2.32. The summed E-state index contributed by atoms with van der Waals surface area (Å²) < 4.78 is 48.2. The Labute approximate surface area is 197 Å². The molecule has 0 aliphatic carbocycles. The van der Waals surface area contributed by atoms with Crippen molar-refractivity contribution < 1.29 is 17.9 Å². The number of nitrogens with zero attached hydrogens (tertiary/aromatic N) is 7. The molecule has 0 N–H and O–H groups in total. The zero-order valence-electron chi connectivity index (χ0n) is 19.2. The first-order chi connectivity index (χ1) is 16.6. The summed E-state index contributed by atoms with van der Waals surface area (Å²) in [7, 11) is 3.42. The largest absolute Gasteiger partial charge is 0.433 e. The molecular weight excluding hydrogens is 463 g/mol. The van der Waals surface area contributed by atoms with Crippen LogP contribution < -0.4 is 10.5 Å². The first kappa shape index (κ1) is 23.0. The van der Waals surface area contributed by atoms with Crippen molar-refractivity contribution in [3.05, 3.63) is 64.2 Å². The molecule has 4 aromatic heterocycles. The molecule has 0 aromatic carbocycles. The van der Waals surface area contributed by atoms with Crippen molar-refractivity contribution in [1.29, 1.82) is 0 Å². The number of alkyl halides is 3. The van der Waals surface area contributed by atoms with Gasteiger partial charge < -0.3 is 9.64 Å². The number of hydrogen-bond donors (Lipinski definition) is 0. The average molecular weight is 485 g/mol. The monoisotopic (exact) mass is 485 g/mol. The van der Waals surface area contributed by atoms with Crippen molar-refractivity contribution in [2.75, 3.05) is 24.6 Å². The van der Waals surface area contributed by atoms with E-state index >= 15 is 0 Å². The van der Waals surface area contributed by atoms with Gasteiger partial charge in [0.2, 0.25) is 0 Å². The van der Waals surface area contributed by atoms with Gasteiger partial charge in [0.15, 0.2) is 0 Å². The van der Waals surface area contributed by atoms with E-state index in [1.54, 1.807) is 30.9 Å². The zero-order valence-corrected chi connectivity index (χ0v) is 19.2. The fourth-order valence-corrected chi connectivity index (χ4v) is 4.12. The molecule has 0 bridgehead atoms. The normalized spacial score (nSPS) is 16.7. The summed E-state index contributed by atoms with van der Waals surface area (Å²) in [5.74, 6) is 1.05. The van der Waals surface area contributed by atoms with E-state index in [9.17, 15) is 18.0 Å². The van der Waals surface area contributed by atoms with E-state index in [2.05, 4.69) is 15.1 Å². The number of aromatic nitrogens is 6. The van der Waals surface area contributed by atoms with Gasteiger partial charge in [0, 0.05) is 56.8 Å². The van der Waals surface area contributed by atoms with Gasteiger partial charge in [0.25, 0.3) is 5.56 Å². The van der Waals surface area contributed by atoms with E-state index in [0.717, 1.165) is 17.8 Å². The number of morpholine rings is 1. The lowest BCUT2D eigenvalue weighted by atomic mass is 10.1. The second-order valence-electron chi connectivity index (χ2n) is 8.43. The molecule has 12 heteroatoms. The average Bonchev–Trinajstić information content (AvgIpc) is 3.28. The molecule has 35 heavy (non-hydrogen) atoms. The molecule has 4 aromatic rings. The smallest absolute Gasteiger partial charge is 0.370 e. The minimum Gasteiger partial charge on any atom is -0.370 e. The van der Waals surface area contributed by atoms with Gasteiger partial charge in [-0.25, -0.2) is 9.97 Å². The fourth-order valence-electron chi connectivity index (χ4n) is 4.12. The van der Waals surface area contributed by atoms with Gasteiger partial charge in [0.05, 0.1) is 29.4 Å². The van der Waals surface area contributed by atoms with Crippen LogP contribution in [0.15, 0.2) is 41.6 Å². The first-order valence-electron chi connectivity index (χ1n) is 10.9. The second kappa shape index (κ2) is 8.45. The van der Waals surface area contributed by atoms with Gasteiger partial charge in [-0.3, -0.25) is 19.0 Å². The molecule has 1 saturated heterocycles. The lowest BCUT2D eigenvalue weighted by Crippen LogP contribution is -2.39. The highest BCUT2D eigenvalue weighted by molar-refractivity contribution is 5.93. The molecular formula is C23H22F3N7O2. The summed E-state index contributed by atoms with van der Waals surface area (Å²) in [4.78, 5) is 28.0. The molecule has 5 rings (SSSR count). The molecule has 5 heterocycles. The van der Waals surface area contributed by atoms with Crippen molar-refractivity contribution in [3.63, 3.8) is 0 Å². The predicted octanol–water partition coefficient (Wildman–Crippen LogP) is 3.03. The molecule has 0 amide bonds. The number of pyridine rings is 2. The Kier molecular flexibility index (Phi) is 5.55. The van der Waals surface area contributed by atoms with Crippen LogP contribution in [0.4, 0.5) is 19.0 Å². The van der Waals surface area contributed by atoms with Gasteiger partial charge in [-0.15, -0.1) is 0 Å². The number of anilines is 1. The highest BCUT2D eigenvalue weighted by Crippen LogP contribution is 2.32. The van der Waals surface area contributed by atoms with Crippen molar-refractivity contribution in [2.24, 2.45) is 14.1 Å². The Hall–Kier alpha value is -3.80. The number of aryl methyl sites for hydroxylation is 2. The lowest BCUT2D eigenvalue weighted by molar-refractivity contribution is -0.141. The number of fused-ring (bicyclic) bond motifs is 1. The molecule has 1 aliphatic heterocycles. The van der Waals surface area contributed by atoms with Gasteiger partial charge in [-0.05, 0) is 19.1 Å². The minimum absolute atomic E-state index is 0.223. The fraction of sp³-hybridized carbons (Fsp3) is 0.348. The Balaban J connectivity index is 1.63. The molecule has 0 spiro atoms. The predicted molar refractivity (Wildman–Crippen MR) is 122 cm³/mol. The maximum Gasteiger partial charge on any atom is 0.433 e. The van der Waals surface area contributed by atoms with Crippen LogP contribution in [0.2, 0.25) is 0 Å². The van der Waals surface area contributed by atoms with E-state index in [1.165, 1.54) is 10.6 Å². The van der Waals surface area contributed by atoms with Gasteiger partial charge in [0.1, 0.15) is 23.4 Å². The minimum atomic E-state index is -4.57. The maximum absolute atomic E-state index is 13.1. The van der Waals surface area contributed by atoms with Crippen LogP contribution in [0, 0.1) is 6.92 Å². The number of hydrogen-bond acceptors (Lipinski definition) is 7. The first-order valence-corrected chi connectivity index (χ1v) is 10.9. The molecule has 0 unspecified atom stereocenters. The Bertz CT molecular complexity index is 1460. The third kappa shape index (κ3) is 4.25. The third-order valence-electron chi connectivity index (χ3n) is 6.09. The Morgan fingerprint density at radius 3 is 2.60 bits per heavy atom. The van der Waals surface area contributed by atoms with Crippen LogP contribution in [0.3, 0.4) is 0 Å². The van der Waals surface area contributed by atoms with E-state index in [1.807, 2.05) is 18.1 Å². The van der Waals surface area contributed by atoms with E-state index in [0.29, 0.717) is 42.4 Å². The van der Waals surface area contributed by atoms with E-state index in [4.69, 9.17) is 9.72 Å². The number of halogens is 3. The summed E-state index contributed by atoms with van der Waals surface area (Å²) in [6.07, 6.45) is -0.0821. The standard InChI is InChI=1S/C23H22F3N7O2/c1-13-29-16-8-19(33-6-7-35-17(12-33)15-10-28-31(2)11-15)30-21(20(16)22(34)32(13)3)14-4-5-18(27-9-14)23(24,25)26/h4-5,8-11,17H,6-7,12H2,1-3H3/t17-/m1/s1. The molecule has 0 saturated carbocycles. The van der Waals surface area contributed by atoms with Crippen molar-refractivity contribution in [2.45, 2.75) is 19.2 Å². The quantitative estimate of drug-likeness (QED) is 0.441. The van der Waals surface area contributed by atoms with Crippen molar-refractivity contribution in [1.82, 2.24) is 29.3 Å². The van der Waals surface area contributed by atoms with Crippen LogP contribution >= 0.6 is 0 Å². The molecule has 1 atom stereocenters. The van der Waals surface area contributed by atoms with Crippen molar-refractivity contribution >= 4 is 16.7 Å². The summed E-state index contributed by atoms with van der Waals surface area (Å²) >= 11 is 0. The van der Waals surface area contributed by atoms with Crippen LogP contribution in [0.25, 0.3) is 22.2 Å². The number of rotatable bonds is 3. The van der Waals surface area contributed by atoms with Gasteiger partial charge in [-0.2, -0.15) is 18.3 Å². The maximum atomic E-state index is 13.1. The Morgan fingerprint density at radius 1 is 1.14 bits per heavy atom. The summed E-state index contributed by atoms with van der Waals surface area (Å²) in [5, 5.41) is 4.43. The second-order valence-corrected chi connectivity index (χ2v) is 8.43. The van der Waals surface area contributed by atoms with Crippen LogP contribution in [0.1, 0.15) is 23.2 Å². The van der Waals surface area contributed by atoms with Crippen LogP contribution in [-0.4, -0.2) is 49.0 Å². The molecule has 1 fully saturated rings. The van der Waals surface area contributed by atoms with E-state index in [-0.39, 0.29) is 22.7 Å². The topological polar surface area (TPSA) is 91.0 Å². The summed E-state index contributed by atoms with van der Waals surface area (Å²) in [6.45, 7) is 3.19. The van der Waals surface area contributed by atoms with Gasteiger partial charge in [-0.1, -0.05) is 0 Å². The summed E-state index contributed by atoms with van der Waals surface area (Å²) in [6, 6.07) is 3.89. The van der Waals surface area contributed by atoms with Crippen LogP contribution in [0.5, 0.6) is 0 Å². The molecule has 182 valence electrons. The lowest BCUT2D eigenvalue weighted by Gasteiger charge is -2.33. The molecule has 0 radical (unpaired) electrons. The van der Waals surface area contributed by atoms with Crippen LogP contribution in [-0.2, 0) is 25.0 Å². The van der Waals surface area contributed by atoms with Crippen molar-refractivity contribution in [3.8, 4) is 11.3 Å². The van der Waals surface area contributed by atoms with E-state index < -0.39 is 11.9 Å². The Morgan fingerprint density at radius 2 is 1.94 bits per heavy atom. The SMILES string of the molecule is Cc1nc2cc(N3CCO[C@@H](c4cnn(C)c4)C3)nc(-c3ccc(C(F)(F)F)nc3)c2c(=O)n1C. The van der Waals surface area contributed by atoms with Gasteiger partial charge >= 0.3 is 6.18 Å². The highest BCUT2D eigenvalue weighted by atomic mass is 19.4. The number of ether oxygens (including phenoxy) is 1. The summed E-state index contributed by atoms with van der Waals surface area (Å²) in [5.41, 5.74) is 0.511. The molecule has 1 aliphatic rings. The zero-order chi connectivity index (χ0) is 24.9. The third-order valence-corrected chi connectivity index (χ3v) is 6.09. The molecule has 9 nitrogen and oxygen atoms in total.